The Labute approximate surface area is 120 Å². The molecule has 1 nitrogen and oxygen atoms in total. The van der Waals surface area contributed by atoms with Gasteiger partial charge in [-0.2, -0.15) is 0 Å². The van der Waals surface area contributed by atoms with Crippen molar-refractivity contribution in [1.82, 2.24) is 5.32 Å². The maximum atomic E-state index is 13.2. The van der Waals surface area contributed by atoms with Crippen molar-refractivity contribution in [2.75, 3.05) is 13.1 Å². The van der Waals surface area contributed by atoms with Gasteiger partial charge in [-0.25, -0.2) is 4.39 Å². The van der Waals surface area contributed by atoms with Crippen LogP contribution in [0.5, 0.6) is 0 Å². The average Bonchev–Trinajstić information content (AvgIpc) is 2.34. The minimum absolute atomic E-state index is 0.187. The maximum absolute atomic E-state index is 13.2. The molecule has 2 atom stereocenters. The molecule has 0 aliphatic heterocycles. The van der Waals surface area contributed by atoms with Gasteiger partial charge in [-0.05, 0) is 73.9 Å². The Morgan fingerprint density at radius 2 is 2.05 bits per heavy atom. The quantitative estimate of drug-likeness (QED) is 0.821. The number of hydrogen-bond acceptors (Lipinski definition) is 1. The lowest BCUT2D eigenvalue weighted by atomic mass is 9.70. The number of rotatable bonds is 6. The van der Waals surface area contributed by atoms with Gasteiger partial charge in [0.25, 0.3) is 0 Å². The van der Waals surface area contributed by atoms with E-state index in [-0.39, 0.29) is 5.82 Å². The number of halogens is 2. The van der Waals surface area contributed by atoms with Gasteiger partial charge in [0.2, 0.25) is 0 Å². The first kappa shape index (κ1) is 14.8. The van der Waals surface area contributed by atoms with E-state index in [1.165, 1.54) is 18.9 Å². The van der Waals surface area contributed by atoms with Crippen molar-refractivity contribution in [3.05, 3.63) is 34.6 Å². The van der Waals surface area contributed by atoms with Gasteiger partial charge in [-0.15, -0.1) is 0 Å². The Morgan fingerprint density at radius 3 is 2.68 bits per heavy atom. The van der Waals surface area contributed by atoms with E-state index in [1.807, 2.05) is 0 Å². The van der Waals surface area contributed by atoms with Gasteiger partial charge in [0.05, 0.1) is 0 Å². The fourth-order valence-corrected chi connectivity index (χ4v) is 2.91. The molecule has 2 unspecified atom stereocenters. The van der Waals surface area contributed by atoms with Crippen LogP contribution in [0.4, 0.5) is 4.39 Å². The SMILES string of the molecule is CC(C)CNCC1CCC1Cc1cc(F)ccc1Cl. The van der Waals surface area contributed by atoms with Gasteiger partial charge in [-0.3, -0.25) is 0 Å². The number of nitrogens with one attached hydrogen (secondary N) is 1. The summed E-state index contributed by atoms with van der Waals surface area (Å²) in [6, 6.07) is 4.67. The van der Waals surface area contributed by atoms with Gasteiger partial charge < -0.3 is 5.32 Å². The summed E-state index contributed by atoms with van der Waals surface area (Å²) in [7, 11) is 0. The van der Waals surface area contributed by atoms with Crippen molar-refractivity contribution in [2.24, 2.45) is 17.8 Å². The van der Waals surface area contributed by atoms with E-state index in [1.54, 1.807) is 12.1 Å². The summed E-state index contributed by atoms with van der Waals surface area (Å²) in [5.74, 6) is 1.88. The van der Waals surface area contributed by atoms with E-state index in [4.69, 9.17) is 11.6 Å². The molecule has 1 aliphatic rings. The first-order valence-electron chi connectivity index (χ1n) is 7.21. The third kappa shape index (κ3) is 4.19. The Bertz CT molecular complexity index is 419. The zero-order valence-electron chi connectivity index (χ0n) is 11.8. The van der Waals surface area contributed by atoms with Gasteiger partial charge in [0, 0.05) is 5.02 Å². The third-order valence-corrected chi connectivity index (χ3v) is 4.39. The maximum Gasteiger partial charge on any atom is 0.123 e. The molecule has 0 amide bonds. The van der Waals surface area contributed by atoms with Crippen molar-refractivity contribution in [3.8, 4) is 0 Å². The van der Waals surface area contributed by atoms with Crippen molar-refractivity contribution in [3.63, 3.8) is 0 Å². The molecule has 1 aliphatic carbocycles. The van der Waals surface area contributed by atoms with E-state index in [9.17, 15) is 4.39 Å². The van der Waals surface area contributed by atoms with Gasteiger partial charge in [-0.1, -0.05) is 25.4 Å². The van der Waals surface area contributed by atoms with Crippen LogP contribution in [0.3, 0.4) is 0 Å². The summed E-state index contributed by atoms with van der Waals surface area (Å²) in [6.07, 6.45) is 3.42. The van der Waals surface area contributed by atoms with Gasteiger partial charge in [0.15, 0.2) is 0 Å². The second kappa shape index (κ2) is 6.71. The van der Waals surface area contributed by atoms with Crippen LogP contribution >= 0.6 is 11.6 Å². The molecule has 1 saturated carbocycles. The smallest absolute Gasteiger partial charge is 0.123 e. The average molecular weight is 284 g/mol. The molecule has 2 rings (SSSR count). The second-order valence-corrected chi connectivity index (χ2v) is 6.50. The van der Waals surface area contributed by atoms with E-state index < -0.39 is 0 Å². The highest BCUT2D eigenvalue weighted by atomic mass is 35.5. The van der Waals surface area contributed by atoms with E-state index in [2.05, 4.69) is 19.2 Å². The summed E-state index contributed by atoms with van der Waals surface area (Å²) >= 11 is 6.13. The van der Waals surface area contributed by atoms with Gasteiger partial charge in [0.1, 0.15) is 5.82 Å². The molecule has 1 aromatic rings. The molecule has 0 heterocycles. The van der Waals surface area contributed by atoms with Crippen LogP contribution in [-0.2, 0) is 6.42 Å². The fraction of sp³-hybridized carbons (Fsp3) is 0.625. The van der Waals surface area contributed by atoms with E-state index in [0.29, 0.717) is 16.9 Å². The third-order valence-electron chi connectivity index (χ3n) is 4.02. The Balaban J connectivity index is 1.84. The molecule has 106 valence electrons. The predicted molar refractivity (Wildman–Crippen MR) is 79.0 cm³/mol. The molecule has 3 heteroatoms. The van der Waals surface area contributed by atoms with Crippen molar-refractivity contribution < 1.29 is 4.39 Å². The molecule has 0 saturated heterocycles. The van der Waals surface area contributed by atoms with Crippen molar-refractivity contribution >= 4 is 11.6 Å². The van der Waals surface area contributed by atoms with E-state index in [0.717, 1.165) is 31.0 Å². The highest BCUT2D eigenvalue weighted by Gasteiger charge is 2.30. The highest BCUT2D eigenvalue weighted by Crippen LogP contribution is 2.37. The van der Waals surface area contributed by atoms with Crippen LogP contribution in [0.2, 0.25) is 5.02 Å². The molecular formula is C16H23ClFN. The van der Waals surface area contributed by atoms with Crippen LogP contribution in [0.25, 0.3) is 0 Å². The lowest BCUT2D eigenvalue weighted by molar-refractivity contribution is 0.169. The summed E-state index contributed by atoms with van der Waals surface area (Å²) in [5.41, 5.74) is 0.959. The first-order valence-corrected chi connectivity index (χ1v) is 7.58. The number of hydrogen-bond donors (Lipinski definition) is 1. The molecule has 19 heavy (non-hydrogen) atoms. The fourth-order valence-electron chi connectivity index (χ4n) is 2.72. The lowest BCUT2D eigenvalue weighted by Gasteiger charge is -2.37. The van der Waals surface area contributed by atoms with E-state index >= 15 is 0 Å². The van der Waals surface area contributed by atoms with Crippen LogP contribution in [0.1, 0.15) is 32.3 Å². The van der Waals surface area contributed by atoms with Crippen LogP contribution in [0.15, 0.2) is 18.2 Å². The summed E-state index contributed by atoms with van der Waals surface area (Å²) < 4.78 is 13.2. The first-order chi connectivity index (χ1) is 9.06. The molecule has 1 aromatic carbocycles. The molecule has 0 bridgehead atoms. The van der Waals surface area contributed by atoms with Crippen molar-refractivity contribution in [1.29, 1.82) is 0 Å². The van der Waals surface area contributed by atoms with Crippen LogP contribution in [0, 0.1) is 23.6 Å². The minimum Gasteiger partial charge on any atom is -0.316 e. The summed E-state index contributed by atoms with van der Waals surface area (Å²) in [4.78, 5) is 0. The molecule has 0 spiro atoms. The van der Waals surface area contributed by atoms with Crippen LogP contribution in [-0.4, -0.2) is 13.1 Å². The lowest BCUT2D eigenvalue weighted by Crippen LogP contribution is -2.37. The molecular weight excluding hydrogens is 261 g/mol. The standard InChI is InChI=1S/C16H23ClFN/c1-11(2)9-19-10-13-4-3-12(13)7-14-8-15(18)5-6-16(14)17/h5-6,8,11-13,19H,3-4,7,9-10H2,1-2H3. The summed E-state index contributed by atoms with van der Waals surface area (Å²) in [5, 5.41) is 4.22. The zero-order chi connectivity index (χ0) is 13.8. The highest BCUT2D eigenvalue weighted by molar-refractivity contribution is 6.31. The Morgan fingerprint density at radius 1 is 1.32 bits per heavy atom. The minimum atomic E-state index is -0.187. The molecule has 1 N–H and O–H groups in total. The normalized spacial score (nSPS) is 22.6. The molecule has 0 radical (unpaired) electrons. The van der Waals surface area contributed by atoms with Crippen molar-refractivity contribution in [2.45, 2.75) is 33.1 Å². The Hall–Kier alpha value is -0.600. The zero-order valence-corrected chi connectivity index (χ0v) is 12.5. The molecule has 1 fully saturated rings. The van der Waals surface area contributed by atoms with Crippen LogP contribution < -0.4 is 5.32 Å². The van der Waals surface area contributed by atoms with Gasteiger partial charge >= 0.3 is 0 Å². The predicted octanol–water partition coefficient (Wildman–Crippen LogP) is 4.29. The monoisotopic (exact) mass is 283 g/mol. The molecule has 0 aromatic heterocycles. The second-order valence-electron chi connectivity index (χ2n) is 6.09. The number of benzene rings is 1. The summed E-state index contributed by atoms with van der Waals surface area (Å²) in [6.45, 7) is 6.59. The largest absolute Gasteiger partial charge is 0.316 e. The Kier molecular flexibility index (Phi) is 5.23. The topological polar surface area (TPSA) is 12.0 Å².